The molecule has 0 unspecified atom stereocenters. The first kappa shape index (κ1) is 8.61. The highest BCUT2D eigenvalue weighted by Crippen LogP contribution is 2.47. The van der Waals surface area contributed by atoms with E-state index >= 15 is 0 Å². The van der Waals surface area contributed by atoms with Gasteiger partial charge in [0.25, 0.3) is 0 Å². The molecule has 0 spiro atoms. The predicted octanol–water partition coefficient (Wildman–Crippen LogP) is 3.04. The van der Waals surface area contributed by atoms with Gasteiger partial charge in [0.05, 0.1) is 7.11 Å². The normalized spacial score (nSPS) is 18.3. The van der Waals surface area contributed by atoms with E-state index in [1.54, 1.807) is 7.11 Å². The molecule has 0 amide bonds. The molecule has 0 radical (unpaired) electrons. The zero-order chi connectivity index (χ0) is 9.31. The fraction of sp³-hybridized carbons (Fsp3) is 0.500. The third-order valence-corrected chi connectivity index (χ3v) is 2.89. The van der Waals surface area contributed by atoms with E-state index in [4.69, 9.17) is 4.74 Å². The Hall–Kier alpha value is -0.980. The van der Waals surface area contributed by atoms with Crippen molar-refractivity contribution in [1.82, 2.24) is 0 Å². The Bertz CT molecular complexity index is 282. The smallest absolute Gasteiger partial charge is 0.118 e. The summed E-state index contributed by atoms with van der Waals surface area (Å²) < 4.78 is 5.11. The maximum Gasteiger partial charge on any atom is 0.118 e. The van der Waals surface area contributed by atoms with E-state index in [0.29, 0.717) is 5.41 Å². The molecule has 0 aromatic heterocycles. The molecule has 0 N–H and O–H groups in total. The van der Waals surface area contributed by atoms with Crippen molar-refractivity contribution in [1.29, 1.82) is 0 Å². The zero-order valence-corrected chi connectivity index (χ0v) is 8.34. The van der Waals surface area contributed by atoms with Crippen molar-refractivity contribution >= 4 is 0 Å². The molecule has 1 aromatic rings. The van der Waals surface area contributed by atoms with Crippen molar-refractivity contribution in [3.63, 3.8) is 0 Å². The van der Waals surface area contributed by atoms with Crippen LogP contribution in [0.2, 0.25) is 0 Å². The van der Waals surface area contributed by atoms with Crippen molar-refractivity contribution in [2.45, 2.75) is 26.2 Å². The monoisotopic (exact) mass is 176 g/mol. The number of rotatable bonds is 3. The number of benzene rings is 1. The standard InChI is InChI=1S/C12H16O/c1-12(7-8-12)9-10-3-5-11(13-2)6-4-10/h3-6H,7-9H2,1-2H3. The van der Waals surface area contributed by atoms with Gasteiger partial charge >= 0.3 is 0 Å². The van der Waals surface area contributed by atoms with Crippen LogP contribution in [0.3, 0.4) is 0 Å². The van der Waals surface area contributed by atoms with E-state index in [-0.39, 0.29) is 0 Å². The highest BCUT2D eigenvalue weighted by Gasteiger charge is 2.36. The average molecular weight is 176 g/mol. The minimum Gasteiger partial charge on any atom is -0.497 e. The molecule has 0 saturated heterocycles. The maximum absolute atomic E-state index is 5.11. The van der Waals surface area contributed by atoms with Crippen molar-refractivity contribution in [3.05, 3.63) is 29.8 Å². The van der Waals surface area contributed by atoms with Crippen LogP contribution in [0.4, 0.5) is 0 Å². The van der Waals surface area contributed by atoms with Gasteiger partial charge in [-0.3, -0.25) is 0 Å². The summed E-state index contributed by atoms with van der Waals surface area (Å²) in [6.45, 7) is 2.36. The Morgan fingerprint density at radius 2 is 1.85 bits per heavy atom. The SMILES string of the molecule is COc1ccc(CC2(C)CC2)cc1. The van der Waals surface area contributed by atoms with Gasteiger partial charge in [0.15, 0.2) is 0 Å². The van der Waals surface area contributed by atoms with E-state index < -0.39 is 0 Å². The number of methoxy groups -OCH3 is 1. The summed E-state index contributed by atoms with van der Waals surface area (Å²) in [5.41, 5.74) is 2.04. The fourth-order valence-electron chi connectivity index (χ4n) is 1.63. The van der Waals surface area contributed by atoms with Crippen molar-refractivity contribution in [2.75, 3.05) is 7.11 Å². The highest BCUT2D eigenvalue weighted by molar-refractivity contribution is 5.28. The lowest BCUT2D eigenvalue weighted by molar-refractivity contribution is 0.414. The van der Waals surface area contributed by atoms with Crippen LogP contribution in [0.25, 0.3) is 0 Å². The van der Waals surface area contributed by atoms with Crippen LogP contribution in [0.15, 0.2) is 24.3 Å². The lowest BCUT2D eigenvalue weighted by Gasteiger charge is -2.08. The summed E-state index contributed by atoms with van der Waals surface area (Å²) in [5.74, 6) is 0.949. The summed E-state index contributed by atoms with van der Waals surface area (Å²) in [6.07, 6.45) is 4.00. The van der Waals surface area contributed by atoms with E-state index in [9.17, 15) is 0 Å². The lowest BCUT2D eigenvalue weighted by atomic mass is 9.99. The minimum atomic E-state index is 0.606. The summed E-state index contributed by atoms with van der Waals surface area (Å²) >= 11 is 0. The Kier molecular flexibility index (Phi) is 2.03. The topological polar surface area (TPSA) is 9.23 Å². The molecule has 0 atom stereocenters. The van der Waals surface area contributed by atoms with Gasteiger partial charge in [-0.2, -0.15) is 0 Å². The molecule has 1 saturated carbocycles. The van der Waals surface area contributed by atoms with Gasteiger partial charge in [0, 0.05) is 0 Å². The van der Waals surface area contributed by atoms with Crippen LogP contribution in [0, 0.1) is 5.41 Å². The summed E-state index contributed by atoms with van der Waals surface area (Å²) in [7, 11) is 1.71. The molecular weight excluding hydrogens is 160 g/mol. The van der Waals surface area contributed by atoms with Crippen LogP contribution in [0.1, 0.15) is 25.3 Å². The molecule has 1 fully saturated rings. The lowest BCUT2D eigenvalue weighted by Crippen LogP contribution is -1.98. The predicted molar refractivity (Wildman–Crippen MR) is 54.0 cm³/mol. The first-order chi connectivity index (χ1) is 6.22. The molecule has 2 rings (SSSR count). The Morgan fingerprint density at radius 3 is 2.31 bits per heavy atom. The second kappa shape index (κ2) is 3.06. The summed E-state index contributed by atoms with van der Waals surface area (Å²) in [4.78, 5) is 0. The summed E-state index contributed by atoms with van der Waals surface area (Å²) in [5, 5.41) is 0. The average Bonchev–Trinajstić information content (AvgIpc) is 2.85. The highest BCUT2D eigenvalue weighted by atomic mass is 16.5. The number of hydrogen-bond acceptors (Lipinski definition) is 1. The third kappa shape index (κ3) is 2.03. The Labute approximate surface area is 79.7 Å². The van der Waals surface area contributed by atoms with Crippen LogP contribution in [-0.2, 0) is 6.42 Å². The van der Waals surface area contributed by atoms with Gasteiger partial charge in [0.1, 0.15) is 5.75 Å². The van der Waals surface area contributed by atoms with E-state index in [0.717, 1.165) is 5.75 Å². The van der Waals surface area contributed by atoms with Gasteiger partial charge in [-0.15, -0.1) is 0 Å². The fourth-order valence-corrected chi connectivity index (χ4v) is 1.63. The number of ether oxygens (including phenoxy) is 1. The molecule has 1 aliphatic carbocycles. The first-order valence-corrected chi connectivity index (χ1v) is 4.85. The van der Waals surface area contributed by atoms with Crippen LogP contribution >= 0.6 is 0 Å². The Morgan fingerprint density at radius 1 is 1.23 bits per heavy atom. The minimum absolute atomic E-state index is 0.606. The first-order valence-electron chi connectivity index (χ1n) is 4.85. The zero-order valence-electron chi connectivity index (χ0n) is 8.34. The van der Waals surface area contributed by atoms with Gasteiger partial charge in [-0.05, 0) is 42.4 Å². The van der Waals surface area contributed by atoms with Crippen LogP contribution in [0.5, 0.6) is 5.75 Å². The maximum atomic E-state index is 5.11. The molecule has 0 heterocycles. The molecule has 0 aliphatic heterocycles. The van der Waals surface area contributed by atoms with E-state index in [1.165, 1.54) is 24.8 Å². The van der Waals surface area contributed by atoms with Gasteiger partial charge < -0.3 is 4.74 Å². The molecule has 0 bridgehead atoms. The van der Waals surface area contributed by atoms with E-state index in [2.05, 4.69) is 19.1 Å². The molecule has 1 heteroatoms. The third-order valence-electron chi connectivity index (χ3n) is 2.89. The van der Waals surface area contributed by atoms with Crippen molar-refractivity contribution in [2.24, 2.45) is 5.41 Å². The summed E-state index contributed by atoms with van der Waals surface area (Å²) in [6, 6.07) is 8.42. The van der Waals surface area contributed by atoms with Gasteiger partial charge in [-0.1, -0.05) is 19.1 Å². The molecule has 1 nitrogen and oxygen atoms in total. The largest absolute Gasteiger partial charge is 0.497 e. The molecule has 13 heavy (non-hydrogen) atoms. The van der Waals surface area contributed by atoms with Gasteiger partial charge in [0.2, 0.25) is 0 Å². The molecule has 1 aromatic carbocycles. The van der Waals surface area contributed by atoms with Crippen LogP contribution in [-0.4, -0.2) is 7.11 Å². The second-order valence-electron chi connectivity index (χ2n) is 4.34. The number of hydrogen-bond donors (Lipinski definition) is 0. The molecular formula is C12H16O. The quantitative estimate of drug-likeness (QED) is 0.687. The van der Waals surface area contributed by atoms with E-state index in [1.807, 2.05) is 12.1 Å². The van der Waals surface area contributed by atoms with Crippen LogP contribution < -0.4 is 4.74 Å². The Balaban J connectivity index is 2.05. The van der Waals surface area contributed by atoms with Crippen molar-refractivity contribution in [3.8, 4) is 5.75 Å². The molecule has 1 aliphatic rings. The molecule has 70 valence electrons. The second-order valence-corrected chi connectivity index (χ2v) is 4.34. The van der Waals surface area contributed by atoms with Crippen molar-refractivity contribution < 1.29 is 4.74 Å². The van der Waals surface area contributed by atoms with Gasteiger partial charge in [-0.25, -0.2) is 0 Å².